The molecular weight excluding hydrogens is 254 g/mol. The van der Waals surface area contributed by atoms with Crippen molar-refractivity contribution in [2.75, 3.05) is 13.2 Å². The minimum absolute atomic E-state index is 0.136. The van der Waals surface area contributed by atoms with Crippen molar-refractivity contribution in [1.29, 1.82) is 0 Å². The third kappa shape index (κ3) is 4.63. The zero-order valence-electron chi connectivity index (χ0n) is 12.0. The van der Waals surface area contributed by atoms with Gasteiger partial charge in [-0.2, -0.15) is 0 Å². The predicted octanol–water partition coefficient (Wildman–Crippen LogP) is 3.24. The Hall–Kier alpha value is -1.94. The summed E-state index contributed by atoms with van der Waals surface area (Å²) in [5, 5.41) is 3.26. The molecule has 2 rings (SSSR count). The molecule has 0 aliphatic rings. The summed E-state index contributed by atoms with van der Waals surface area (Å²) in [6.07, 6.45) is 1.81. The van der Waals surface area contributed by atoms with E-state index in [-0.39, 0.29) is 6.10 Å². The molecule has 1 aromatic carbocycles. The van der Waals surface area contributed by atoms with E-state index in [0.29, 0.717) is 13.2 Å². The number of para-hydroxylation sites is 2. The van der Waals surface area contributed by atoms with Gasteiger partial charge >= 0.3 is 0 Å². The maximum absolute atomic E-state index is 5.74. The Morgan fingerprint density at radius 1 is 1.10 bits per heavy atom. The van der Waals surface area contributed by atoms with Gasteiger partial charge in [0, 0.05) is 6.54 Å². The van der Waals surface area contributed by atoms with Gasteiger partial charge in [0.2, 0.25) is 0 Å². The van der Waals surface area contributed by atoms with Crippen LogP contribution in [0.4, 0.5) is 0 Å². The van der Waals surface area contributed by atoms with Gasteiger partial charge in [0.1, 0.15) is 12.4 Å². The Labute approximate surface area is 119 Å². The van der Waals surface area contributed by atoms with Crippen molar-refractivity contribution in [1.82, 2.24) is 5.32 Å². The predicted molar refractivity (Wildman–Crippen MR) is 78.1 cm³/mol. The largest absolute Gasteiger partial charge is 0.488 e. The lowest BCUT2D eigenvalue weighted by Gasteiger charge is -2.14. The summed E-state index contributed by atoms with van der Waals surface area (Å²) in [4.78, 5) is 0. The van der Waals surface area contributed by atoms with Gasteiger partial charge < -0.3 is 19.2 Å². The number of ether oxygens (including phenoxy) is 2. The van der Waals surface area contributed by atoms with Gasteiger partial charge in [-0.05, 0) is 38.1 Å². The van der Waals surface area contributed by atoms with Crippen LogP contribution in [-0.2, 0) is 6.54 Å². The van der Waals surface area contributed by atoms with Gasteiger partial charge in [0.25, 0.3) is 0 Å². The molecule has 1 aromatic heterocycles. The molecule has 0 radical (unpaired) electrons. The van der Waals surface area contributed by atoms with Gasteiger partial charge in [-0.15, -0.1) is 0 Å². The highest BCUT2D eigenvalue weighted by Crippen LogP contribution is 2.27. The van der Waals surface area contributed by atoms with E-state index >= 15 is 0 Å². The van der Waals surface area contributed by atoms with Crippen LogP contribution in [0.25, 0.3) is 0 Å². The van der Waals surface area contributed by atoms with E-state index in [9.17, 15) is 0 Å². The molecule has 0 amide bonds. The number of furan rings is 1. The molecule has 0 bridgehead atoms. The van der Waals surface area contributed by atoms with Gasteiger partial charge in [0.05, 0.1) is 18.9 Å². The van der Waals surface area contributed by atoms with Crippen LogP contribution in [-0.4, -0.2) is 19.3 Å². The maximum Gasteiger partial charge on any atom is 0.161 e. The first-order valence-corrected chi connectivity index (χ1v) is 6.87. The molecule has 4 heteroatoms. The average molecular weight is 275 g/mol. The summed E-state index contributed by atoms with van der Waals surface area (Å²) < 4.78 is 16.7. The van der Waals surface area contributed by atoms with E-state index in [0.717, 1.165) is 23.8 Å². The second-order valence-corrected chi connectivity index (χ2v) is 4.72. The van der Waals surface area contributed by atoms with Gasteiger partial charge in [-0.3, -0.25) is 0 Å². The first-order chi connectivity index (χ1) is 9.75. The Balaban J connectivity index is 1.73. The fourth-order valence-electron chi connectivity index (χ4n) is 1.78. The van der Waals surface area contributed by atoms with Crippen molar-refractivity contribution in [2.24, 2.45) is 0 Å². The second kappa shape index (κ2) is 7.60. The van der Waals surface area contributed by atoms with E-state index in [2.05, 4.69) is 5.32 Å². The Kier molecular flexibility index (Phi) is 5.50. The highest BCUT2D eigenvalue weighted by atomic mass is 16.5. The Morgan fingerprint density at radius 3 is 2.60 bits per heavy atom. The smallest absolute Gasteiger partial charge is 0.161 e. The summed E-state index contributed by atoms with van der Waals surface area (Å²) in [7, 11) is 0. The highest BCUT2D eigenvalue weighted by Gasteiger charge is 2.05. The molecule has 108 valence electrons. The quantitative estimate of drug-likeness (QED) is 0.751. The molecule has 0 atom stereocenters. The monoisotopic (exact) mass is 275 g/mol. The molecule has 0 spiro atoms. The van der Waals surface area contributed by atoms with Gasteiger partial charge in [0.15, 0.2) is 11.5 Å². The summed E-state index contributed by atoms with van der Waals surface area (Å²) in [5.41, 5.74) is 0. The average Bonchev–Trinajstić information content (AvgIpc) is 2.93. The number of hydrogen-bond donors (Lipinski definition) is 1. The van der Waals surface area contributed by atoms with Crippen molar-refractivity contribution in [3.05, 3.63) is 48.4 Å². The number of hydrogen-bond acceptors (Lipinski definition) is 4. The van der Waals surface area contributed by atoms with Crippen LogP contribution in [0.1, 0.15) is 19.6 Å². The van der Waals surface area contributed by atoms with Crippen LogP contribution in [0.3, 0.4) is 0 Å². The lowest BCUT2D eigenvalue weighted by molar-refractivity contribution is 0.220. The fraction of sp³-hybridized carbons (Fsp3) is 0.375. The van der Waals surface area contributed by atoms with E-state index in [1.807, 2.05) is 50.2 Å². The molecule has 0 fully saturated rings. The fourth-order valence-corrected chi connectivity index (χ4v) is 1.78. The van der Waals surface area contributed by atoms with Crippen molar-refractivity contribution >= 4 is 0 Å². The lowest BCUT2D eigenvalue weighted by atomic mass is 10.3. The first-order valence-electron chi connectivity index (χ1n) is 6.87. The van der Waals surface area contributed by atoms with Crippen molar-refractivity contribution in [2.45, 2.75) is 26.5 Å². The molecular formula is C16H21NO3. The molecule has 20 heavy (non-hydrogen) atoms. The highest BCUT2D eigenvalue weighted by molar-refractivity contribution is 5.39. The van der Waals surface area contributed by atoms with Crippen molar-refractivity contribution in [3.63, 3.8) is 0 Å². The van der Waals surface area contributed by atoms with Crippen LogP contribution in [0.5, 0.6) is 11.5 Å². The molecule has 0 aliphatic heterocycles. The number of nitrogens with one attached hydrogen (secondary N) is 1. The topological polar surface area (TPSA) is 43.6 Å². The first kappa shape index (κ1) is 14.5. The maximum atomic E-state index is 5.74. The molecule has 2 aromatic rings. The van der Waals surface area contributed by atoms with E-state index < -0.39 is 0 Å². The van der Waals surface area contributed by atoms with Crippen LogP contribution in [0, 0.1) is 0 Å². The lowest BCUT2D eigenvalue weighted by Crippen LogP contribution is -2.20. The summed E-state index contributed by atoms with van der Waals surface area (Å²) in [5.74, 6) is 2.49. The second-order valence-electron chi connectivity index (χ2n) is 4.72. The van der Waals surface area contributed by atoms with E-state index in [1.165, 1.54) is 0 Å². The minimum Gasteiger partial charge on any atom is -0.488 e. The zero-order chi connectivity index (χ0) is 14.2. The molecule has 0 aliphatic carbocycles. The number of benzene rings is 1. The standard InChI is InChI=1S/C16H21NO3/c1-13(2)20-16-8-4-3-7-15(16)19-11-9-17-12-14-6-5-10-18-14/h3-8,10,13,17H,9,11-12H2,1-2H3. The summed E-state index contributed by atoms with van der Waals surface area (Å²) in [6, 6.07) is 11.6. The minimum atomic E-state index is 0.136. The van der Waals surface area contributed by atoms with E-state index in [1.54, 1.807) is 6.26 Å². The molecule has 1 heterocycles. The molecule has 0 unspecified atom stereocenters. The van der Waals surface area contributed by atoms with Gasteiger partial charge in [-0.25, -0.2) is 0 Å². The molecule has 4 nitrogen and oxygen atoms in total. The van der Waals surface area contributed by atoms with Crippen LogP contribution < -0.4 is 14.8 Å². The van der Waals surface area contributed by atoms with Crippen LogP contribution in [0.2, 0.25) is 0 Å². The van der Waals surface area contributed by atoms with Crippen molar-refractivity contribution in [3.8, 4) is 11.5 Å². The number of rotatable bonds is 8. The Bertz CT molecular complexity index is 494. The SMILES string of the molecule is CC(C)Oc1ccccc1OCCNCc1ccco1. The van der Waals surface area contributed by atoms with Crippen LogP contribution >= 0.6 is 0 Å². The normalized spacial score (nSPS) is 10.8. The zero-order valence-corrected chi connectivity index (χ0v) is 12.0. The van der Waals surface area contributed by atoms with Gasteiger partial charge in [-0.1, -0.05) is 12.1 Å². The molecule has 0 saturated heterocycles. The third-order valence-electron chi connectivity index (χ3n) is 2.63. The molecule has 0 saturated carbocycles. The summed E-state index contributed by atoms with van der Waals surface area (Å²) >= 11 is 0. The third-order valence-corrected chi connectivity index (χ3v) is 2.63. The Morgan fingerprint density at radius 2 is 1.90 bits per heavy atom. The van der Waals surface area contributed by atoms with Crippen molar-refractivity contribution < 1.29 is 13.9 Å². The summed E-state index contributed by atoms with van der Waals surface area (Å²) in [6.45, 7) is 6.04. The molecule has 1 N–H and O–H groups in total. The van der Waals surface area contributed by atoms with E-state index in [4.69, 9.17) is 13.9 Å². The van der Waals surface area contributed by atoms with Crippen LogP contribution in [0.15, 0.2) is 47.1 Å².